The number of hydrogen-bond acceptors (Lipinski definition) is 4. The van der Waals surface area contributed by atoms with Gasteiger partial charge in [-0.3, -0.25) is 0 Å². The van der Waals surface area contributed by atoms with Crippen LogP contribution >= 0.6 is 0 Å². The Labute approximate surface area is 160 Å². The fourth-order valence-corrected chi connectivity index (χ4v) is 4.34. The van der Waals surface area contributed by atoms with Crippen molar-refractivity contribution in [1.29, 1.82) is 0 Å². The molecule has 0 aliphatic heterocycles. The fraction of sp³-hybridized carbons (Fsp3) is 0.556. The molecule has 0 unspecified atom stereocenters. The minimum Gasteiger partial charge on any atom is -0.478 e. The molecule has 0 aliphatic rings. The molecule has 2 N–H and O–H groups in total. The third-order valence-corrected chi connectivity index (χ3v) is 5.40. The summed E-state index contributed by atoms with van der Waals surface area (Å²) in [5.41, 5.74) is -2.77. The fourth-order valence-electron chi connectivity index (χ4n) is 2.78. The lowest BCUT2D eigenvalue weighted by atomic mass is 10.1. The lowest BCUT2D eigenvalue weighted by Gasteiger charge is -2.45. The number of ether oxygens (including phenoxy) is 2. The van der Waals surface area contributed by atoms with Gasteiger partial charge >= 0.3 is 12.1 Å². The van der Waals surface area contributed by atoms with Crippen LogP contribution in [0.25, 0.3) is 0 Å². The maximum Gasteiger partial charge on any atom is 0.401 e. The third-order valence-electron chi connectivity index (χ3n) is 3.76. The van der Waals surface area contributed by atoms with Crippen molar-refractivity contribution in [3.8, 4) is 0 Å². The van der Waals surface area contributed by atoms with Crippen LogP contribution in [0.15, 0.2) is 30.3 Å². The minimum absolute atomic E-state index is 0.206. The van der Waals surface area contributed by atoms with E-state index in [4.69, 9.17) is 9.47 Å². The summed E-state index contributed by atoms with van der Waals surface area (Å²) >= 11 is 0. The molecule has 1 rings (SSSR count). The van der Waals surface area contributed by atoms with Gasteiger partial charge in [-0.25, -0.2) is 14.0 Å². The van der Waals surface area contributed by atoms with Gasteiger partial charge < -0.3 is 24.3 Å². The maximum atomic E-state index is 14.0. The zero-order chi connectivity index (χ0) is 20.8. The Morgan fingerprint density at radius 1 is 1.19 bits per heavy atom. The molecule has 1 amide bonds. The highest BCUT2D eigenvalue weighted by Crippen LogP contribution is 2.31. The maximum absolute atomic E-state index is 14.0. The van der Waals surface area contributed by atoms with Crippen LogP contribution < -0.4 is 0 Å². The summed E-state index contributed by atoms with van der Waals surface area (Å²) in [5, 5.41) is 19.7. The van der Waals surface area contributed by atoms with Crippen molar-refractivity contribution in [1.82, 2.24) is 4.57 Å². The first-order chi connectivity index (χ1) is 12.5. The summed E-state index contributed by atoms with van der Waals surface area (Å²) in [6.07, 6.45) is -3.12. The van der Waals surface area contributed by atoms with Crippen molar-refractivity contribution in [2.75, 3.05) is 6.67 Å². The molecule has 0 aromatic heterocycles. The number of rotatable bonds is 9. The van der Waals surface area contributed by atoms with E-state index in [1.807, 2.05) is 0 Å². The van der Waals surface area contributed by atoms with E-state index in [2.05, 4.69) is 0 Å². The van der Waals surface area contributed by atoms with Crippen molar-refractivity contribution in [3.05, 3.63) is 35.9 Å². The topological polar surface area (TPSA) is 96.3 Å². The second kappa shape index (κ2) is 9.29. The molecular formula is C18H28FNO6Si. The molecule has 0 saturated heterocycles. The Morgan fingerprint density at radius 2 is 1.74 bits per heavy atom. The van der Waals surface area contributed by atoms with Crippen LogP contribution in [-0.2, 0) is 20.9 Å². The van der Waals surface area contributed by atoms with E-state index in [1.54, 1.807) is 64.2 Å². The van der Waals surface area contributed by atoms with Gasteiger partial charge in [0.15, 0.2) is 0 Å². The van der Waals surface area contributed by atoms with Crippen molar-refractivity contribution in [2.45, 2.75) is 57.9 Å². The van der Waals surface area contributed by atoms with E-state index in [1.165, 1.54) is 0 Å². The Kier molecular flexibility index (Phi) is 7.94. The van der Waals surface area contributed by atoms with Crippen LogP contribution in [0.1, 0.15) is 26.3 Å². The lowest BCUT2D eigenvalue weighted by Crippen LogP contribution is -2.70. The first-order valence-electron chi connectivity index (χ1n) is 8.63. The van der Waals surface area contributed by atoms with E-state index in [0.717, 1.165) is 4.57 Å². The summed E-state index contributed by atoms with van der Waals surface area (Å²) < 4.78 is 26.0. The number of carboxylic acid groups (broad SMARTS) is 2. The van der Waals surface area contributed by atoms with E-state index in [9.17, 15) is 24.2 Å². The Balaban J connectivity index is 3.48. The SMILES string of the molecule is C[SiH](C)N(C(=O)O)[C@@](OCc1ccccc1)(C(=O)O)[C@@H](CF)OC(C)(C)C. The summed E-state index contributed by atoms with van der Waals surface area (Å²) in [6.45, 7) is 6.74. The molecule has 1 aromatic rings. The normalized spacial score (nSPS) is 15.2. The van der Waals surface area contributed by atoms with Gasteiger partial charge in [-0.1, -0.05) is 43.4 Å². The van der Waals surface area contributed by atoms with Gasteiger partial charge in [0.1, 0.15) is 21.7 Å². The molecule has 0 radical (unpaired) electrons. The summed E-state index contributed by atoms with van der Waals surface area (Å²) in [6, 6.07) is 8.68. The highest BCUT2D eigenvalue weighted by Gasteiger charge is 2.57. The lowest BCUT2D eigenvalue weighted by molar-refractivity contribution is -0.237. The Hall–Kier alpha value is -1.97. The van der Waals surface area contributed by atoms with Crippen molar-refractivity contribution >= 4 is 21.0 Å². The molecular weight excluding hydrogens is 373 g/mol. The molecule has 0 bridgehead atoms. The number of alkyl halides is 1. The van der Waals surface area contributed by atoms with Gasteiger partial charge in [-0.05, 0) is 26.3 Å². The standard InChI is InChI=1S/C18H28FNO6Si/c1-17(2,3)26-14(11-19)18(15(21)22,20(16(23)24)27(4)5)25-12-13-9-7-6-8-10-13/h6-10,14,27H,11-12H2,1-5H3,(H,21,22)(H,23,24)/t14-,18+/m1/s1. The molecule has 7 nitrogen and oxygen atoms in total. The van der Waals surface area contributed by atoms with Crippen LogP contribution in [0.4, 0.5) is 9.18 Å². The van der Waals surface area contributed by atoms with Crippen molar-refractivity contribution in [3.63, 3.8) is 0 Å². The van der Waals surface area contributed by atoms with Gasteiger partial charge in [0.05, 0.1) is 12.2 Å². The number of aliphatic carboxylic acids is 1. The summed E-state index contributed by atoms with van der Waals surface area (Å²) in [5.74, 6) is -1.60. The van der Waals surface area contributed by atoms with E-state index < -0.39 is 45.1 Å². The molecule has 152 valence electrons. The van der Waals surface area contributed by atoms with E-state index in [0.29, 0.717) is 5.56 Å². The monoisotopic (exact) mass is 401 g/mol. The molecule has 2 atom stereocenters. The molecule has 0 aliphatic carbocycles. The number of halogens is 1. The molecule has 1 aromatic carbocycles. The number of amides is 1. The Morgan fingerprint density at radius 3 is 2.11 bits per heavy atom. The molecule has 0 spiro atoms. The average molecular weight is 402 g/mol. The van der Waals surface area contributed by atoms with Crippen LogP contribution in [0.5, 0.6) is 0 Å². The number of carboxylic acids is 1. The van der Waals surface area contributed by atoms with Crippen LogP contribution in [0.3, 0.4) is 0 Å². The highest BCUT2D eigenvalue weighted by atomic mass is 28.3. The predicted octanol–water partition coefficient (Wildman–Crippen LogP) is 3.10. The van der Waals surface area contributed by atoms with E-state index >= 15 is 0 Å². The predicted molar refractivity (Wildman–Crippen MR) is 101 cm³/mol. The van der Waals surface area contributed by atoms with E-state index in [-0.39, 0.29) is 6.61 Å². The summed E-state index contributed by atoms with van der Waals surface area (Å²) in [7, 11) is -2.31. The zero-order valence-corrected chi connectivity index (χ0v) is 17.5. The zero-order valence-electron chi connectivity index (χ0n) is 16.3. The van der Waals surface area contributed by atoms with Gasteiger partial charge in [0, 0.05) is 0 Å². The second-order valence-electron chi connectivity index (χ2n) is 7.40. The van der Waals surface area contributed by atoms with Gasteiger partial charge in [-0.2, -0.15) is 0 Å². The first kappa shape index (κ1) is 23.1. The molecule has 9 heteroatoms. The molecule has 0 fully saturated rings. The van der Waals surface area contributed by atoms with Crippen molar-refractivity contribution in [2.24, 2.45) is 0 Å². The number of hydrogen-bond donors (Lipinski definition) is 2. The quantitative estimate of drug-likeness (QED) is 0.488. The van der Waals surface area contributed by atoms with Gasteiger partial charge in [0.25, 0.3) is 5.72 Å². The highest BCUT2D eigenvalue weighted by molar-refractivity contribution is 6.56. The third kappa shape index (κ3) is 5.75. The van der Waals surface area contributed by atoms with Crippen molar-refractivity contribution < 1.29 is 33.7 Å². The van der Waals surface area contributed by atoms with Crippen LogP contribution in [0.2, 0.25) is 13.1 Å². The largest absolute Gasteiger partial charge is 0.478 e. The number of nitrogens with zero attached hydrogens (tertiary/aromatic N) is 1. The minimum atomic E-state index is -2.50. The van der Waals surface area contributed by atoms with Crippen LogP contribution in [0, 0.1) is 0 Å². The molecule has 0 heterocycles. The molecule has 0 saturated carbocycles. The first-order valence-corrected chi connectivity index (χ1v) is 11.5. The summed E-state index contributed by atoms with van der Waals surface area (Å²) in [4.78, 5) is 24.3. The molecule has 27 heavy (non-hydrogen) atoms. The Bertz CT molecular complexity index is 636. The van der Waals surface area contributed by atoms with Gasteiger partial charge in [-0.15, -0.1) is 0 Å². The van der Waals surface area contributed by atoms with Gasteiger partial charge in [0.2, 0.25) is 0 Å². The average Bonchev–Trinajstić information content (AvgIpc) is 2.55. The number of benzene rings is 1. The van der Waals surface area contributed by atoms with Crippen LogP contribution in [-0.4, -0.2) is 59.9 Å². The smallest absolute Gasteiger partial charge is 0.401 e. The second-order valence-corrected chi connectivity index (χ2v) is 10.1. The number of carbonyl (C=O) groups is 2.